The number of nitriles is 1. The minimum absolute atomic E-state index is 0.644. The van der Waals surface area contributed by atoms with Gasteiger partial charge in [-0.25, -0.2) is 9.97 Å². The van der Waals surface area contributed by atoms with Crippen molar-refractivity contribution >= 4 is 21.8 Å². The number of hydrogen-bond acceptors (Lipinski definition) is 3. The molecule has 3 heteroatoms. The van der Waals surface area contributed by atoms with E-state index in [0.717, 1.165) is 38.8 Å². The van der Waals surface area contributed by atoms with E-state index in [-0.39, 0.29) is 0 Å². The van der Waals surface area contributed by atoms with Gasteiger partial charge in [-0.3, -0.25) is 0 Å². The Hall–Kier alpha value is -3.25. The predicted molar refractivity (Wildman–Crippen MR) is 91.9 cm³/mol. The van der Waals surface area contributed by atoms with E-state index in [2.05, 4.69) is 24.3 Å². The van der Waals surface area contributed by atoms with E-state index in [1.54, 1.807) is 0 Å². The van der Waals surface area contributed by atoms with Gasteiger partial charge in [-0.2, -0.15) is 5.26 Å². The molecular weight excluding hydrogens is 282 g/mol. The third-order valence-electron chi connectivity index (χ3n) is 4.02. The van der Waals surface area contributed by atoms with Crippen LogP contribution in [0, 0.1) is 18.3 Å². The van der Waals surface area contributed by atoms with Gasteiger partial charge in [0.25, 0.3) is 0 Å². The second-order valence-electron chi connectivity index (χ2n) is 5.50. The second kappa shape index (κ2) is 5.19. The fourth-order valence-corrected chi connectivity index (χ4v) is 2.85. The molecule has 4 rings (SSSR count). The Balaban J connectivity index is 2.01. The van der Waals surface area contributed by atoms with Crippen LogP contribution in [0.25, 0.3) is 33.1 Å². The van der Waals surface area contributed by atoms with E-state index >= 15 is 0 Å². The van der Waals surface area contributed by atoms with Gasteiger partial charge in [0.15, 0.2) is 0 Å². The van der Waals surface area contributed by atoms with Gasteiger partial charge in [0.05, 0.1) is 34.1 Å². The lowest BCUT2D eigenvalue weighted by molar-refractivity contribution is 1.19. The maximum absolute atomic E-state index is 8.94. The van der Waals surface area contributed by atoms with E-state index < -0.39 is 0 Å². The summed E-state index contributed by atoms with van der Waals surface area (Å²) < 4.78 is 0. The average molecular weight is 295 g/mol. The smallest absolute Gasteiger partial charge is 0.0991 e. The molecule has 0 N–H and O–H groups in total. The first-order chi connectivity index (χ1) is 11.3. The van der Waals surface area contributed by atoms with Crippen molar-refractivity contribution in [2.75, 3.05) is 0 Å². The molecule has 0 spiro atoms. The summed E-state index contributed by atoms with van der Waals surface area (Å²) in [5.74, 6) is 0. The lowest BCUT2D eigenvalue weighted by atomic mass is 10.1. The van der Waals surface area contributed by atoms with Gasteiger partial charge in [0, 0.05) is 10.9 Å². The Labute approximate surface area is 133 Å². The lowest BCUT2D eigenvalue weighted by Crippen LogP contribution is -1.95. The number of fused-ring (bicyclic) bond motifs is 3. The molecule has 4 aromatic rings. The van der Waals surface area contributed by atoms with Crippen LogP contribution in [0.15, 0.2) is 60.7 Å². The van der Waals surface area contributed by atoms with Gasteiger partial charge in [0.2, 0.25) is 0 Å². The largest absolute Gasteiger partial charge is 0.249 e. The van der Waals surface area contributed by atoms with Crippen LogP contribution in [0.2, 0.25) is 0 Å². The highest BCUT2D eigenvalue weighted by Crippen LogP contribution is 2.27. The Morgan fingerprint density at radius 3 is 2.43 bits per heavy atom. The van der Waals surface area contributed by atoms with Crippen LogP contribution in [-0.2, 0) is 0 Å². The van der Waals surface area contributed by atoms with Crippen LogP contribution in [-0.4, -0.2) is 9.97 Å². The first-order valence-electron chi connectivity index (χ1n) is 7.43. The molecule has 0 saturated heterocycles. The zero-order valence-corrected chi connectivity index (χ0v) is 12.6. The zero-order valence-electron chi connectivity index (χ0n) is 12.6. The molecule has 23 heavy (non-hydrogen) atoms. The van der Waals surface area contributed by atoms with E-state index in [9.17, 15) is 0 Å². The monoisotopic (exact) mass is 295 g/mol. The Morgan fingerprint density at radius 1 is 0.870 bits per heavy atom. The summed E-state index contributed by atoms with van der Waals surface area (Å²) in [4.78, 5) is 9.60. The van der Waals surface area contributed by atoms with Crippen molar-refractivity contribution in [1.29, 1.82) is 5.26 Å². The molecule has 108 valence electrons. The Kier molecular flexibility index (Phi) is 3.03. The number of aromatic nitrogens is 2. The van der Waals surface area contributed by atoms with E-state index in [1.807, 2.05) is 49.4 Å². The van der Waals surface area contributed by atoms with Gasteiger partial charge >= 0.3 is 0 Å². The lowest BCUT2D eigenvalue weighted by Gasteiger charge is -2.09. The van der Waals surface area contributed by atoms with Gasteiger partial charge in [0.1, 0.15) is 0 Å². The molecule has 0 saturated carbocycles. The number of benzene rings is 3. The summed E-state index contributed by atoms with van der Waals surface area (Å²) in [6.07, 6.45) is 0. The fraction of sp³-hybridized carbons (Fsp3) is 0.0500. The van der Waals surface area contributed by atoms with Gasteiger partial charge < -0.3 is 0 Å². The summed E-state index contributed by atoms with van der Waals surface area (Å²) in [6, 6.07) is 21.9. The standard InChI is InChI=1S/C20H13N3/c1-13-19(16-8-6-14(12-21)7-9-16)23-20-17-5-3-2-4-15(17)10-11-18(20)22-13/h2-11H,1H3. The molecule has 1 aromatic heterocycles. The third-order valence-corrected chi connectivity index (χ3v) is 4.02. The highest BCUT2D eigenvalue weighted by Gasteiger charge is 2.10. The molecule has 0 unspecified atom stereocenters. The first-order valence-corrected chi connectivity index (χ1v) is 7.43. The first kappa shape index (κ1) is 13.4. The van der Waals surface area contributed by atoms with Crippen molar-refractivity contribution in [2.45, 2.75) is 6.92 Å². The van der Waals surface area contributed by atoms with Crippen molar-refractivity contribution in [3.05, 3.63) is 71.9 Å². The van der Waals surface area contributed by atoms with Gasteiger partial charge in [-0.15, -0.1) is 0 Å². The van der Waals surface area contributed by atoms with Crippen LogP contribution in [0.3, 0.4) is 0 Å². The molecule has 0 aliphatic rings. The van der Waals surface area contributed by atoms with Gasteiger partial charge in [-0.1, -0.05) is 42.5 Å². The van der Waals surface area contributed by atoms with Crippen LogP contribution in [0.1, 0.15) is 11.3 Å². The second-order valence-corrected chi connectivity index (χ2v) is 5.50. The predicted octanol–water partition coefficient (Wildman–Crippen LogP) is 4.63. The van der Waals surface area contributed by atoms with Crippen molar-refractivity contribution in [1.82, 2.24) is 9.97 Å². The zero-order chi connectivity index (χ0) is 15.8. The third kappa shape index (κ3) is 2.21. The van der Waals surface area contributed by atoms with E-state index in [0.29, 0.717) is 5.56 Å². The minimum Gasteiger partial charge on any atom is -0.249 e. The quantitative estimate of drug-likeness (QED) is 0.481. The molecule has 0 bridgehead atoms. The maximum atomic E-state index is 8.94. The molecule has 3 nitrogen and oxygen atoms in total. The molecule has 0 atom stereocenters. The van der Waals surface area contributed by atoms with Crippen molar-refractivity contribution in [3.63, 3.8) is 0 Å². The summed E-state index contributed by atoms with van der Waals surface area (Å²) in [5.41, 5.74) is 5.18. The van der Waals surface area contributed by atoms with Crippen molar-refractivity contribution < 1.29 is 0 Å². The Bertz CT molecular complexity index is 1070. The van der Waals surface area contributed by atoms with Crippen LogP contribution < -0.4 is 0 Å². The number of nitrogens with zero attached hydrogens (tertiary/aromatic N) is 3. The van der Waals surface area contributed by atoms with Crippen molar-refractivity contribution in [3.8, 4) is 17.3 Å². The maximum Gasteiger partial charge on any atom is 0.0991 e. The number of rotatable bonds is 1. The average Bonchev–Trinajstić information content (AvgIpc) is 2.61. The topological polar surface area (TPSA) is 49.6 Å². The molecule has 0 fully saturated rings. The summed E-state index contributed by atoms with van der Waals surface area (Å²) >= 11 is 0. The molecule has 0 amide bonds. The fourth-order valence-electron chi connectivity index (χ4n) is 2.85. The van der Waals surface area contributed by atoms with Crippen molar-refractivity contribution in [2.24, 2.45) is 0 Å². The molecular formula is C20H13N3. The van der Waals surface area contributed by atoms with Crippen LogP contribution >= 0.6 is 0 Å². The summed E-state index contributed by atoms with van der Waals surface area (Å²) in [7, 11) is 0. The minimum atomic E-state index is 0.644. The van der Waals surface area contributed by atoms with E-state index in [1.165, 1.54) is 0 Å². The molecule has 0 aliphatic carbocycles. The molecule has 0 radical (unpaired) electrons. The van der Waals surface area contributed by atoms with Crippen LogP contribution in [0.4, 0.5) is 0 Å². The normalized spacial score (nSPS) is 10.8. The molecule has 1 heterocycles. The van der Waals surface area contributed by atoms with Crippen LogP contribution in [0.5, 0.6) is 0 Å². The van der Waals surface area contributed by atoms with Gasteiger partial charge in [-0.05, 0) is 30.5 Å². The number of hydrogen-bond donors (Lipinski definition) is 0. The SMILES string of the molecule is Cc1nc2ccc3ccccc3c2nc1-c1ccc(C#N)cc1. The molecule has 0 aliphatic heterocycles. The highest BCUT2D eigenvalue weighted by molar-refractivity contribution is 6.04. The Morgan fingerprint density at radius 2 is 1.65 bits per heavy atom. The summed E-state index contributed by atoms with van der Waals surface area (Å²) in [6.45, 7) is 1.97. The van der Waals surface area contributed by atoms with E-state index in [4.69, 9.17) is 15.2 Å². The summed E-state index contributed by atoms with van der Waals surface area (Å²) in [5, 5.41) is 11.2. The molecule has 3 aromatic carbocycles. The number of aryl methyl sites for hydroxylation is 1. The highest BCUT2D eigenvalue weighted by atomic mass is 14.8.